The summed E-state index contributed by atoms with van der Waals surface area (Å²) in [5.41, 5.74) is 2.17. The lowest BCUT2D eigenvalue weighted by Crippen LogP contribution is -2.21. The van der Waals surface area contributed by atoms with Gasteiger partial charge in [-0.2, -0.15) is 0 Å². The highest BCUT2D eigenvalue weighted by Crippen LogP contribution is 2.21. The number of benzene rings is 1. The van der Waals surface area contributed by atoms with E-state index >= 15 is 0 Å². The highest BCUT2D eigenvalue weighted by Gasteiger charge is 2.16. The van der Waals surface area contributed by atoms with E-state index in [1.54, 1.807) is 6.07 Å². The van der Waals surface area contributed by atoms with Crippen LogP contribution in [0.25, 0.3) is 0 Å². The van der Waals surface area contributed by atoms with Crippen LogP contribution >= 0.6 is 15.9 Å². The summed E-state index contributed by atoms with van der Waals surface area (Å²) in [6, 6.07) is 7.50. The molecular weight excluding hydrogens is 344 g/mol. The summed E-state index contributed by atoms with van der Waals surface area (Å²) in [5, 5.41) is 2.90. The summed E-state index contributed by atoms with van der Waals surface area (Å²) in [7, 11) is 0. The molecule has 2 aromatic rings. The maximum atomic E-state index is 12.4. The maximum Gasteiger partial charge on any atom is 0.274 e. The molecule has 5 nitrogen and oxygen atoms in total. The first kappa shape index (κ1) is 15.0. The molecule has 1 aromatic heterocycles. The van der Waals surface area contributed by atoms with Crippen LogP contribution in [0.5, 0.6) is 0 Å². The lowest BCUT2D eigenvalue weighted by Gasteiger charge is -2.16. The topological polar surface area (TPSA) is 58.1 Å². The van der Waals surface area contributed by atoms with Gasteiger partial charge in [0.25, 0.3) is 5.91 Å². The lowest BCUT2D eigenvalue weighted by atomic mass is 10.2. The normalized spacial score (nSPS) is 14.2. The molecule has 1 aromatic carbocycles. The Kier molecular flexibility index (Phi) is 4.38. The van der Waals surface area contributed by atoms with Crippen LogP contribution < -0.4 is 10.2 Å². The second-order valence-corrected chi connectivity index (χ2v) is 6.28. The fourth-order valence-corrected chi connectivity index (χ4v) is 3.02. The van der Waals surface area contributed by atoms with Gasteiger partial charge in [-0.1, -0.05) is 15.9 Å². The van der Waals surface area contributed by atoms with Crippen LogP contribution in [0.3, 0.4) is 0 Å². The van der Waals surface area contributed by atoms with E-state index in [2.05, 4.69) is 36.1 Å². The molecule has 22 heavy (non-hydrogen) atoms. The molecular formula is C16H17BrN4O. The molecule has 1 amide bonds. The van der Waals surface area contributed by atoms with Gasteiger partial charge in [0.05, 0.1) is 0 Å². The molecule has 1 saturated heterocycles. The Morgan fingerprint density at radius 2 is 2.00 bits per heavy atom. The third kappa shape index (κ3) is 3.27. The zero-order chi connectivity index (χ0) is 15.5. The maximum absolute atomic E-state index is 12.4. The van der Waals surface area contributed by atoms with Crippen molar-refractivity contribution in [3.8, 4) is 0 Å². The van der Waals surface area contributed by atoms with E-state index < -0.39 is 0 Å². The standard InChI is InChI=1S/C16H17BrN4O/c1-11-8-12(17)4-5-13(11)20-16(22)14-9-15(19-10-18-14)21-6-2-3-7-21/h4-5,8-10H,2-3,6-7H2,1H3,(H,20,22). The average molecular weight is 361 g/mol. The Morgan fingerprint density at radius 3 is 2.73 bits per heavy atom. The van der Waals surface area contributed by atoms with Crippen LogP contribution in [0.15, 0.2) is 35.1 Å². The van der Waals surface area contributed by atoms with Gasteiger partial charge in [0.15, 0.2) is 0 Å². The van der Waals surface area contributed by atoms with Crippen LogP contribution in [0.1, 0.15) is 28.9 Å². The van der Waals surface area contributed by atoms with Crippen LogP contribution in [0.4, 0.5) is 11.5 Å². The molecule has 0 bridgehead atoms. The van der Waals surface area contributed by atoms with E-state index in [9.17, 15) is 4.79 Å². The number of carbonyl (C=O) groups is 1. The fourth-order valence-electron chi connectivity index (χ4n) is 2.54. The molecule has 1 N–H and O–H groups in total. The van der Waals surface area contributed by atoms with E-state index in [1.165, 1.54) is 19.2 Å². The van der Waals surface area contributed by atoms with Crippen LogP contribution in [-0.4, -0.2) is 29.0 Å². The van der Waals surface area contributed by atoms with Crippen molar-refractivity contribution in [2.24, 2.45) is 0 Å². The number of carbonyl (C=O) groups excluding carboxylic acids is 1. The Bertz CT molecular complexity index is 698. The molecule has 114 valence electrons. The average Bonchev–Trinajstić information content (AvgIpc) is 3.04. The number of hydrogen-bond acceptors (Lipinski definition) is 4. The zero-order valence-corrected chi connectivity index (χ0v) is 13.9. The molecule has 3 rings (SSSR count). The number of anilines is 2. The van der Waals surface area contributed by atoms with Crippen LogP contribution in [-0.2, 0) is 0 Å². The molecule has 6 heteroatoms. The van der Waals surface area contributed by atoms with Gasteiger partial charge < -0.3 is 10.2 Å². The van der Waals surface area contributed by atoms with Crippen molar-refractivity contribution in [2.75, 3.05) is 23.3 Å². The summed E-state index contributed by atoms with van der Waals surface area (Å²) < 4.78 is 0.987. The number of amides is 1. The van der Waals surface area contributed by atoms with E-state index in [1.807, 2.05) is 25.1 Å². The van der Waals surface area contributed by atoms with Crippen LogP contribution in [0.2, 0.25) is 0 Å². The molecule has 1 aliphatic heterocycles. The number of nitrogens with one attached hydrogen (secondary N) is 1. The fraction of sp³-hybridized carbons (Fsp3) is 0.312. The summed E-state index contributed by atoms with van der Waals surface area (Å²) in [4.78, 5) is 22.9. The number of aromatic nitrogens is 2. The van der Waals surface area contributed by atoms with Crippen molar-refractivity contribution in [3.63, 3.8) is 0 Å². The molecule has 2 heterocycles. The van der Waals surface area contributed by atoms with Crippen molar-refractivity contribution in [1.82, 2.24) is 9.97 Å². The first-order chi connectivity index (χ1) is 10.6. The summed E-state index contributed by atoms with van der Waals surface area (Å²) in [5.74, 6) is 0.610. The number of aryl methyl sites for hydroxylation is 1. The molecule has 0 spiro atoms. The number of rotatable bonds is 3. The number of nitrogens with zero attached hydrogens (tertiary/aromatic N) is 3. The van der Waals surface area contributed by atoms with Gasteiger partial charge in [0.2, 0.25) is 0 Å². The molecule has 0 radical (unpaired) electrons. The Balaban J connectivity index is 1.78. The van der Waals surface area contributed by atoms with Gasteiger partial charge in [0, 0.05) is 29.3 Å². The van der Waals surface area contributed by atoms with E-state index in [4.69, 9.17) is 0 Å². The summed E-state index contributed by atoms with van der Waals surface area (Å²) in [6.45, 7) is 3.93. The predicted molar refractivity (Wildman–Crippen MR) is 90.3 cm³/mol. The molecule has 1 fully saturated rings. The molecule has 0 aliphatic carbocycles. The van der Waals surface area contributed by atoms with Gasteiger partial charge in [-0.15, -0.1) is 0 Å². The molecule has 0 saturated carbocycles. The second-order valence-electron chi connectivity index (χ2n) is 5.37. The van der Waals surface area contributed by atoms with Crippen molar-refractivity contribution < 1.29 is 4.79 Å². The van der Waals surface area contributed by atoms with Crippen molar-refractivity contribution in [2.45, 2.75) is 19.8 Å². The minimum absolute atomic E-state index is 0.215. The largest absolute Gasteiger partial charge is 0.357 e. The van der Waals surface area contributed by atoms with Crippen LogP contribution in [0, 0.1) is 6.92 Å². The van der Waals surface area contributed by atoms with E-state index in [-0.39, 0.29) is 5.91 Å². The Labute approximate surface area is 137 Å². The monoisotopic (exact) mass is 360 g/mol. The van der Waals surface area contributed by atoms with Crippen molar-refractivity contribution in [1.29, 1.82) is 0 Å². The first-order valence-corrected chi connectivity index (χ1v) is 8.07. The van der Waals surface area contributed by atoms with Crippen molar-refractivity contribution >= 4 is 33.3 Å². The molecule has 0 unspecified atom stereocenters. The van der Waals surface area contributed by atoms with Gasteiger partial charge in [-0.3, -0.25) is 4.79 Å². The predicted octanol–water partition coefficient (Wildman–Crippen LogP) is 3.40. The van der Waals surface area contributed by atoms with Crippen molar-refractivity contribution in [3.05, 3.63) is 46.3 Å². The third-order valence-corrected chi connectivity index (χ3v) is 4.25. The Morgan fingerprint density at radius 1 is 1.23 bits per heavy atom. The number of hydrogen-bond donors (Lipinski definition) is 1. The first-order valence-electron chi connectivity index (χ1n) is 7.28. The van der Waals surface area contributed by atoms with Gasteiger partial charge in [-0.25, -0.2) is 9.97 Å². The Hall–Kier alpha value is -1.95. The van der Waals surface area contributed by atoms with Gasteiger partial charge in [0.1, 0.15) is 17.8 Å². The van der Waals surface area contributed by atoms with E-state index in [0.29, 0.717) is 5.69 Å². The minimum atomic E-state index is -0.215. The highest BCUT2D eigenvalue weighted by atomic mass is 79.9. The lowest BCUT2D eigenvalue weighted by molar-refractivity contribution is 0.102. The summed E-state index contributed by atoms with van der Waals surface area (Å²) >= 11 is 3.42. The second kappa shape index (κ2) is 6.44. The zero-order valence-electron chi connectivity index (χ0n) is 12.3. The smallest absolute Gasteiger partial charge is 0.274 e. The van der Waals surface area contributed by atoms with Gasteiger partial charge in [-0.05, 0) is 43.5 Å². The highest BCUT2D eigenvalue weighted by molar-refractivity contribution is 9.10. The van der Waals surface area contributed by atoms with E-state index in [0.717, 1.165) is 34.6 Å². The molecule has 0 atom stereocenters. The SMILES string of the molecule is Cc1cc(Br)ccc1NC(=O)c1cc(N2CCCC2)ncn1. The van der Waals surface area contributed by atoms with Gasteiger partial charge >= 0.3 is 0 Å². The number of halogens is 1. The third-order valence-electron chi connectivity index (χ3n) is 3.75. The minimum Gasteiger partial charge on any atom is -0.357 e. The summed E-state index contributed by atoms with van der Waals surface area (Å²) in [6.07, 6.45) is 3.80. The quantitative estimate of drug-likeness (QED) is 0.911. The molecule has 1 aliphatic rings.